The van der Waals surface area contributed by atoms with Gasteiger partial charge in [0.1, 0.15) is 11.5 Å². The first kappa shape index (κ1) is 18.8. The summed E-state index contributed by atoms with van der Waals surface area (Å²) in [6.45, 7) is 3.74. The van der Waals surface area contributed by atoms with Gasteiger partial charge in [0.2, 0.25) is 5.91 Å². The summed E-state index contributed by atoms with van der Waals surface area (Å²) in [6.07, 6.45) is 4.26. The van der Waals surface area contributed by atoms with Crippen molar-refractivity contribution in [3.63, 3.8) is 0 Å². The number of carbonyl (C=O) groups excluding carboxylic acids is 2. The quantitative estimate of drug-likeness (QED) is 0.769. The summed E-state index contributed by atoms with van der Waals surface area (Å²) < 4.78 is 2.06. The van der Waals surface area contributed by atoms with Crippen molar-refractivity contribution in [1.82, 2.24) is 4.57 Å². The summed E-state index contributed by atoms with van der Waals surface area (Å²) in [5, 5.41) is 3.27. The van der Waals surface area contributed by atoms with E-state index in [1.165, 1.54) is 15.9 Å². The number of aryl methyl sites for hydroxylation is 1. The van der Waals surface area contributed by atoms with Crippen LogP contribution in [0.5, 0.6) is 0 Å². The van der Waals surface area contributed by atoms with E-state index in [1.807, 2.05) is 0 Å². The summed E-state index contributed by atoms with van der Waals surface area (Å²) >= 11 is 4.74. The van der Waals surface area contributed by atoms with Crippen LogP contribution < -0.4 is 16.6 Å². The molecule has 0 aromatic carbocycles. The molecule has 0 spiro atoms. The SMILES string of the molecule is Cc1cc(Br)cn(CC(=O)Nc2sc3c(c2C(N)=O)CCC(C)C3)c1=O. The van der Waals surface area contributed by atoms with E-state index in [1.54, 1.807) is 19.2 Å². The number of halogens is 1. The largest absolute Gasteiger partial charge is 0.365 e. The lowest BCUT2D eigenvalue weighted by Gasteiger charge is -2.18. The zero-order valence-electron chi connectivity index (χ0n) is 14.6. The highest BCUT2D eigenvalue weighted by atomic mass is 79.9. The molecule has 1 aliphatic carbocycles. The zero-order chi connectivity index (χ0) is 19.0. The summed E-state index contributed by atoms with van der Waals surface area (Å²) in [7, 11) is 0. The fourth-order valence-electron chi connectivity index (χ4n) is 3.28. The van der Waals surface area contributed by atoms with Gasteiger partial charge in [0.25, 0.3) is 11.5 Å². The van der Waals surface area contributed by atoms with E-state index in [4.69, 9.17) is 5.73 Å². The molecule has 0 aliphatic heterocycles. The lowest BCUT2D eigenvalue weighted by molar-refractivity contribution is -0.116. The van der Waals surface area contributed by atoms with Crippen LogP contribution in [-0.2, 0) is 24.2 Å². The van der Waals surface area contributed by atoms with Crippen molar-refractivity contribution in [3.05, 3.63) is 48.7 Å². The summed E-state index contributed by atoms with van der Waals surface area (Å²) in [5.74, 6) is -0.338. The standard InChI is InChI=1S/C18H20BrN3O3S/c1-9-3-4-12-13(5-9)26-17(15(12)16(20)24)21-14(23)8-22-7-11(19)6-10(2)18(22)25/h6-7,9H,3-5,8H2,1-2H3,(H2,20,24)(H,21,23). The Morgan fingerprint density at radius 3 is 2.88 bits per heavy atom. The molecule has 138 valence electrons. The number of aromatic nitrogens is 1. The highest BCUT2D eigenvalue weighted by Crippen LogP contribution is 2.39. The summed E-state index contributed by atoms with van der Waals surface area (Å²) in [4.78, 5) is 37.7. The van der Waals surface area contributed by atoms with E-state index >= 15 is 0 Å². The molecule has 2 amide bonds. The number of nitrogens with zero attached hydrogens (tertiary/aromatic N) is 1. The topological polar surface area (TPSA) is 94.2 Å². The Hall–Kier alpha value is -1.93. The van der Waals surface area contributed by atoms with E-state index < -0.39 is 5.91 Å². The molecule has 26 heavy (non-hydrogen) atoms. The van der Waals surface area contributed by atoms with E-state index in [2.05, 4.69) is 28.2 Å². The number of nitrogens with two attached hydrogens (primary N) is 1. The maximum atomic E-state index is 12.5. The minimum Gasteiger partial charge on any atom is -0.365 e. The molecule has 0 bridgehead atoms. The zero-order valence-corrected chi connectivity index (χ0v) is 17.0. The number of amides is 2. The van der Waals surface area contributed by atoms with Crippen molar-refractivity contribution >= 4 is 44.1 Å². The number of carbonyl (C=O) groups is 2. The Labute approximate surface area is 163 Å². The molecular formula is C18H20BrN3O3S. The number of hydrogen-bond donors (Lipinski definition) is 2. The second-order valence-electron chi connectivity index (χ2n) is 6.74. The number of primary amides is 1. The molecule has 3 rings (SSSR count). The average Bonchev–Trinajstić information content (AvgIpc) is 2.88. The van der Waals surface area contributed by atoms with Crippen molar-refractivity contribution in [2.24, 2.45) is 11.7 Å². The third-order valence-electron chi connectivity index (χ3n) is 4.56. The fourth-order valence-corrected chi connectivity index (χ4v) is 5.30. The van der Waals surface area contributed by atoms with E-state index in [0.29, 0.717) is 22.0 Å². The molecule has 0 fully saturated rings. The van der Waals surface area contributed by atoms with Crippen molar-refractivity contribution in [3.8, 4) is 0 Å². The van der Waals surface area contributed by atoms with Crippen LogP contribution in [-0.4, -0.2) is 16.4 Å². The number of rotatable bonds is 4. The second-order valence-corrected chi connectivity index (χ2v) is 8.76. The molecule has 2 heterocycles. The van der Waals surface area contributed by atoms with Crippen molar-refractivity contribution in [2.75, 3.05) is 5.32 Å². The Morgan fingerprint density at radius 1 is 1.46 bits per heavy atom. The molecular weight excluding hydrogens is 418 g/mol. The number of nitrogens with one attached hydrogen (secondary N) is 1. The number of thiophene rings is 1. The first-order valence-corrected chi connectivity index (χ1v) is 9.98. The van der Waals surface area contributed by atoms with Gasteiger partial charge in [-0.15, -0.1) is 11.3 Å². The van der Waals surface area contributed by atoms with Gasteiger partial charge in [-0.05, 0) is 59.7 Å². The van der Waals surface area contributed by atoms with Gasteiger partial charge < -0.3 is 15.6 Å². The Kier molecular flexibility index (Phi) is 5.34. The van der Waals surface area contributed by atoms with Crippen LogP contribution >= 0.6 is 27.3 Å². The molecule has 1 unspecified atom stereocenters. The van der Waals surface area contributed by atoms with Crippen LogP contribution in [0.4, 0.5) is 5.00 Å². The Balaban J connectivity index is 1.86. The molecule has 3 N–H and O–H groups in total. The van der Waals surface area contributed by atoms with Crippen LogP contribution in [0.2, 0.25) is 0 Å². The highest BCUT2D eigenvalue weighted by Gasteiger charge is 2.27. The van der Waals surface area contributed by atoms with Crippen LogP contribution in [0.15, 0.2) is 21.5 Å². The number of hydrogen-bond acceptors (Lipinski definition) is 4. The highest BCUT2D eigenvalue weighted by molar-refractivity contribution is 9.10. The minimum atomic E-state index is -0.525. The molecule has 0 radical (unpaired) electrons. The van der Waals surface area contributed by atoms with E-state index in [-0.39, 0.29) is 18.0 Å². The van der Waals surface area contributed by atoms with Gasteiger partial charge in [0.15, 0.2) is 0 Å². The molecule has 2 aromatic heterocycles. The molecule has 1 aliphatic rings. The molecule has 0 saturated heterocycles. The Morgan fingerprint density at radius 2 is 2.19 bits per heavy atom. The van der Waals surface area contributed by atoms with Crippen molar-refractivity contribution in [2.45, 2.75) is 39.7 Å². The van der Waals surface area contributed by atoms with E-state index in [9.17, 15) is 14.4 Å². The van der Waals surface area contributed by atoms with Crippen molar-refractivity contribution in [1.29, 1.82) is 0 Å². The van der Waals surface area contributed by atoms with Gasteiger partial charge in [-0.25, -0.2) is 0 Å². The smallest absolute Gasteiger partial charge is 0.253 e. The molecule has 1 atom stereocenters. The third kappa shape index (κ3) is 3.76. The maximum absolute atomic E-state index is 12.5. The molecule has 8 heteroatoms. The molecule has 0 saturated carbocycles. The molecule has 2 aromatic rings. The predicted octanol–water partition coefficient (Wildman–Crippen LogP) is 2.84. The second kappa shape index (κ2) is 7.36. The number of pyridine rings is 1. The monoisotopic (exact) mass is 437 g/mol. The minimum absolute atomic E-state index is 0.129. The molecule has 6 nitrogen and oxygen atoms in total. The maximum Gasteiger partial charge on any atom is 0.253 e. The normalized spacial score (nSPS) is 16.2. The summed E-state index contributed by atoms with van der Waals surface area (Å²) in [5.41, 5.74) is 7.27. The van der Waals surface area contributed by atoms with Crippen LogP contribution in [0.1, 0.15) is 39.7 Å². The van der Waals surface area contributed by atoms with Gasteiger partial charge in [0.05, 0.1) is 5.56 Å². The third-order valence-corrected chi connectivity index (χ3v) is 6.16. The van der Waals surface area contributed by atoms with Gasteiger partial charge in [-0.2, -0.15) is 0 Å². The van der Waals surface area contributed by atoms with Gasteiger partial charge in [-0.3, -0.25) is 14.4 Å². The van der Waals surface area contributed by atoms with Crippen molar-refractivity contribution < 1.29 is 9.59 Å². The van der Waals surface area contributed by atoms with E-state index in [0.717, 1.165) is 34.2 Å². The first-order chi connectivity index (χ1) is 12.3. The summed E-state index contributed by atoms with van der Waals surface area (Å²) in [6, 6.07) is 1.70. The average molecular weight is 438 g/mol. The number of fused-ring (bicyclic) bond motifs is 1. The van der Waals surface area contributed by atoms with Gasteiger partial charge in [-0.1, -0.05) is 6.92 Å². The van der Waals surface area contributed by atoms with Crippen LogP contribution in [0, 0.1) is 12.8 Å². The Bertz CT molecular complexity index is 948. The van der Waals surface area contributed by atoms with Gasteiger partial charge in [0, 0.05) is 21.1 Å². The lowest BCUT2D eigenvalue weighted by Crippen LogP contribution is -2.29. The lowest BCUT2D eigenvalue weighted by atomic mass is 9.88. The van der Waals surface area contributed by atoms with Gasteiger partial charge >= 0.3 is 0 Å². The first-order valence-electron chi connectivity index (χ1n) is 8.37. The van der Waals surface area contributed by atoms with Crippen LogP contribution in [0.3, 0.4) is 0 Å². The fraction of sp³-hybridized carbons (Fsp3) is 0.389. The predicted molar refractivity (Wildman–Crippen MR) is 106 cm³/mol. The van der Waals surface area contributed by atoms with Crippen LogP contribution in [0.25, 0.3) is 0 Å². The number of anilines is 1.